The molecule has 0 aromatic carbocycles. The molecule has 0 atom stereocenters. The lowest BCUT2D eigenvalue weighted by Crippen LogP contribution is -2.14. The maximum absolute atomic E-state index is 12.0. The first-order valence-electron chi connectivity index (χ1n) is 7.31. The summed E-state index contributed by atoms with van der Waals surface area (Å²) in [7, 11) is 0. The molecule has 3 aromatic heterocycles. The molecule has 0 fully saturated rings. The van der Waals surface area contributed by atoms with E-state index in [1.807, 2.05) is 12.3 Å². The van der Waals surface area contributed by atoms with E-state index in [0.717, 1.165) is 33.9 Å². The summed E-state index contributed by atoms with van der Waals surface area (Å²) in [4.78, 5) is 27.6. The molecule has 0 saturated heterocycles. The number of nitrogens with zero attached hydrogens (tertiary/aromatic N) is 3. The van der Waals surface area contributed by atoms with Crippen LogP contribution in [0.5, 0.6) is 0 Å². The number of hydrogen-bond acceptors (Lipinski definition) is 7. The molecule has 23 heavy (non-hydrogen) atoms. The third kappa shape index (κ3) is 3.88. The highest BCUT2D eigenvalue weighted by Gasteiger charge is 2.13. The molecule has 0 unspecified atom stereocenters. The maximum atomic E-state index is 12.0. The van der Waals surface area contributed by atoms with Crippen molar-refractivity contribution in [1.29, 1.82) is 0 Å². The molecular formula is C15H16N4OS3. The normalized spacial score (nSPS) is 11.0. The van der Waals surface area contributed by atoms with E-state index in [-0.39, 0.29) is 5.91 Å². The molecule has 3 aromatic rings. The summed E-state index contributed by atoms with van der Waals surface area (Å²) in [6, 6.07) is 2.14. The standard InChI is InChI=1S/C15H16N4OS3/c1-3-9-7-10-13(17-11(4-2)18-14(10)23-9)22-8-12(20)19-15-16-5-6-21-15/h5-7H,3-4,8H2,1-2H3,(H,16,19,20). The van der Waals surface area contributed by atoms with E-state index in [0.29, 0.717) is 10.9 Å². The smallest absolute Gasteiger partial charge is 0.236 e. The van der Waals surface area contributed by atoms with Crippen LogP contribution in [0.1, 0.15) is 24.5 Å². The van der Waals surface area contributed by atoms with E-state index in [1.165, 1.54) is 28.0 Å². The van der Waals surface area contributed by atoms with Crippen LogP contribution >= 0.6 is 34.4 Å². The molecule has 0 aliphatic heterocycles. The van der Waals surface area contributed by atoms with Gasteiger partial charge in [-0.15, -0.1) is 22.7 Å². The number of carbonyl (C=O) groups excluding carboxylic acids is 1. The molecular weight excluding hydrogens is 348 g/mol. The van der Waals surface area contributed by atoms with E-state index >= 15 is 0 Å². The van der Waals surface area contributed by atoms with Crippen molar-refractivity contribution < 1.29 is 4.79 Å². The summed E-state index contributed by atoms with van der Waals surface area (Å²) < 4.78 is 0. The van der Waals surface area contributed by atoms with Crippen LogP contribution < -0.4 is 5.32 Å². The Hall–Kier alpha value is -1.51. The number of thiophene rings is 1. The number of rotatable bonds is 6. The zero-order chi connectivity index (χ0) is 16.2. The number of thioether (sulfide) groups is 1. The SMILES string of the molecule is CCc1nc(SCC(=O)Nc2nccs2)c2cc(CC)sc2n1. The van der Waals surface area contributed by atoms with E-state index in [1.54, 1.807) is 17.5 Å². The van der Waals surface area contributed by atoms with Crippen molar-refractivity contribution in [2.24, 2.45) is 0 Å². The number of hydrogen-bond donors (Lipinski definition) is 1. The molecule has 3 rings (SSSR count). The van der Waals surface area contributed by atoms with E-state index in [9.17, 15) is 4.79 Å². The second kappa shape index (κ2) is 7.37. The Morgan fingerprint density at radius 3 is 2.87 bits per heavy atom. The van der Waals surface area contributed by atoms with Gasteiger partial charge in [-0.25, -0.2) is 15.0 Å². The van der Waals surface area contributed by atoms with Gasteiger partial charge in [-0.05, 0) is 12.5 Å². The minimum absolute atomic E-state index is 0.0688. The fourth-order valence-electron chi connectivity index (χ4n) is 2.00. The van der Waals surface area contributed by atoms with Crippen LogP contribution in [-0.4, -0.2) is 26.6 Å². The second-order valence-corrected chi connectivity index (χ2v) is 7.73. The van der Waals surface area contributed by atoms with Gasteiger partial charge >= 0.3 is 0 Å². The van der Waals surface area contributed by atoms with Gasteiger partial charge in [0, 0.05) is 28.3 Å². The van der Waals surface area contributed by atoms with Crippen molar-refractivity contribution in [3.63, 3.8) is 0 Å². The number of anilines is 1. The fraction of sp³-hybridized carbons (Fsp3) is 0.333. The monoisotopic (exact) mass is 364 g/mol. The molecule has 3 heterocycles. The number of nitrogens with one attached hydrogen (secondary N) is 1. The largest absolute Gasteiger partial charge is 0.301 e. The minimum atomic E-state index is -0.0688. The van der Waals surface area contributed by atoms with Gasteiger partial charge in [-0.3, -0.25) is 4.79 Å². The van der Waals surface area contributed by atoms with Gasteiger partial charge in [0.2, 0.25) is 5.91 Å². The topological polar surface area (TPSA) is 67.8 Å². The summed E-state index contributed by atoms with van der Waals surface area (Å²) in [6.07, 6.45) is 3.44. The van der Waals surface area contributed by atoms with Crippen molar-refractivity contribution in [3.8, 4) is 0 Å². The number of amides is 1. The van der Waals surface area contributed by atoms with E-state index in [4.69, 9.17) is 0 Å². The molecule has 0 aliphatic carbocycles. The Kier molecular flexibility index (Phi) is 5.24. The molecule has 1 N–H and O–H groups in total. The Labute approximate surface area is 146 Å². The first-order chi connectivity index (χ1) is 11.2. The van der Waals surface area contributed by atoms with Gasteiger partial charge in [0.05, 0.1) is 5.75 Å². The van der Waals surface area contributed by atoms with E-state index < -0.39 is 0 Å². The van der Waals surface area contributed by atoms with Crippen LogP contribution in [0.15, 0.2) is 22.7 Å². The number of fused-ring (bicyclic) bond motifs is 1. The van der Waals surface area contributed by atoms with Gasteiger partial charge in [-0.2, -0.15) is 0 Å². The number of aromatic nitrogens is 3. The highest BCUT2D eigenvalue weighted by atomic mass is 32.2. The average Bonchev–Trinajstić information content (AvgIpc) is 3.21. The van der Waals surface area contributed by atoms with Crippen LogP contribution in [0.4, 0.5) is 5.13 Å². The van der Waals surface area contributed by atoms with Gasteiger partial charge in [0.1, 0.15) is 15.7 Å². The van der Waals surface area contributed by atoms with Gasteiger partial charge in [0.15, 0.2) is 5.13 Å². The maximum Gasteiger partial charge on any atom is 0.236 e. The molecule has 1 amide bonds. The zero-order valence-electron chi connectivity index (χ0n) is 12.8. The van der Waals surface area contributed by atoms with Crippen LogP contribution in [-0.2, 0) is 17.6 Å². The van der Waals surface area contributed by atoms with Crippen molar-refractivity contribution in [2.75, 3.05) is 11.1 Å². The summed E-state index contributed by atoms with van der Waals surface area (Å²) >= 11 is 4.57. The van der Waals surface area contributed by atoms with Crippen LogP contribution in [0.3, 0.4) is 0 Å². The van der Waals surface area contributed by atoms with Crippen LogP contribution in [0, 0.1) is 0 Å². The van der Waals surface area contributed by atoms with E-state index in [2.05, 4.69) is 33.3 Å². The lowest BCUT2D eigenvalue weighted by Gasteiger charge is -2.05. The van der Waals surface area contributed by atoms with Crippen molar-refractivity contribution >= 4 is 55.7 Å². The molecule has 0 spiro atoms. The number of thiazole rings is 1. The second-order valence-electron chi connectivity index (χ2n) is 4.76. The number of carbonyl (C=O) groups is 1. The molecule has 8 heteroatoms. The molecule has 5 nitrogen and oxygen atoms in total. The Morgan fingerprint density at radius 1 is 1.30 bits per heavy atom. The first-order valence-corrected chi connectivity index (χ1v) is 9.99. The predicted octanol–water partition coefficient (Wildman–Crippen LogP) is 4.00. The van der Waals surface area contributed by atoms with Gasteiger partial charge < -0.3 is 5.32 Å². The Morgan fingerprint density at radius 2 is 2.17 bits per heavy atom. The summed E-state index contributed by atoms with van der Waals surface area (Å²) in [5.41, 5.74) is 0. The molecule has 120 valence electrons. The van der Waals surface area contributed by atoms with Crippen molar-refractivity contribution in [3.05, 3.63) is 28.3 Å². The van der Waals surface area contributed by atoms with Gasteiger partial charge in [-0.1, -0.05) is 25.6 Å². The number of aryl methyl sites for hydroxylation is 2. The molecule has 0 bridgehead atoms. The zero-order valence-corrected chi connectivity index (χ0v) is 15.3. The highest BCUT2D eigenvalue weighted by molar-refractivity contribution is 8.00. The average molecular weight is 365 g/mol. The van der Waals surface area contributed by atoms with Crippen LogP contribution in [0.2, 0.25) is 0 Å². The summed E-state index contributed by atoms with van der Waals surface area (Å²) in [5, 5.41) is 7.19. The predicted molar refractivity (Wildman–Crippen MR) is 97.6 cm³/mol. The lowest BCUT2D eigenvalue weighted by molar-refractivity contribution is -0.113. The summed E-state index contributed by atoms with van der Waals surface area (Å²) in [5.74, 6) is 1.07. The Balaban J connectivity index is 1.78. The minimum Gasteiger partial charge on any atom is -0.301 e. The fourth-order valence-corrected chi connectivity index (χ4v) is 4.42. The van der Waals surface area contributed by atoms with Crippen molar-refractivity contribution in [1.82, 2.24) is 15.0 Å². The third-order valence-corrected chi connectivity index (χ3v) is 5.99. The quantitative estimate of drug-likeness (QED) is 0.529. The molecule has 0 radical (unpaired) electrons. The van der Waals surface area contributed by atoms with Crippen LogP contribution in [0.25, 0.3) is 10.2 Å². The molecule has 0 aliphatic rings. The van der Waals surface area contributed by atoms with Gasteiger partial charge in [0.25, 0.3) is 0 Å². The van der Waals surface area contributed by atoms with Crippen molar-refractivity contribution in [2.45, 2.75) is 31.7 Å². The highest BCUT2D eigenvalue weighted by Crippen LogP contribution is 2.32. The third-order valence-electron chi connectivity index (χ3n) is 3.14. The first kappa shape index (κ1) is 16.4. The molecule has 0 saturated carbocycles. The summed E-state index contributed by atoms with van der Waals surface area (Å²) in [6.45, 7) is 4.17. The Bertz CT molecular complexity index is 814. The lowest BCUT2D eigenvalue weighted by atomic mass is 10.3.